The molecule has 1 atom stereocenters. The minimum atomic E-state index is -0.478. The lowest BCUT2D eigenvalue weighted by Gasteiger charge is -2.22. The van der Waals surface area contributed by atoms with Crippen molar-refractivity contribution >= 4 is 49.1 Å². The Morgan fingerprint density at radius 2 is 1.71 bits per heavy atom. The number of aryl methyl sites for hydroxylation is 1. The van der Waals surface area contributed by atoms with E-state index in [2.05, 4.69) is 30.4 Å². The lowest BCUT2D eigenvalue weighted by atomic mass is 9.91. The minimum Gasteiger partial charge on any atom is -0.508 e. The van der Waals surface area contributed by atoms with Gasteiger partial charge in [0.1, 0.15) is 5.75 Å². The summed E-state index contributed by atoms with van der Waals surface area (Å²) in [4.78, 5) is 4.91. The average Bonchev–Trinajstić information content (AvgIpc) is 3.61. The highest BCUT2D eigenvalue weighted by molar-refractivity contribution is 7.22. The van der Waals surface area contributed by atoms with Crippen LogP contribution < -0.4 is 5.32 Å². The number of fused-ring (bicyclic) bond motifs is 2. The maximum absolute atomic E-state index is 11.4. The standard InChI is InChI=1S/C34H25ClN4OS/c1-21-14-16-28-30(18-21)41-34(36-28)37-33(31-26-13-6-5-8-22(26)15-17-29(31)40)27-20-39(25-11-3-2-4-12-25)38-32(27)23-9-7-10-24(35)19-23/h2-20,33,40H,1H3,(H,36,37). The number of nitrogens with zero attached hydrogens (tertiary/aromatic N) is 3. The van der Waals surface area contributed by atoms with Crippen molar-refractivity contribution in [3.63, 3.8) is 0 Å². The first-order valence-corrected chi connectivity index (χ1v) is 14.5. The van der Waals surface area contributed by atoms with Crippen molar-refractivity contribution in [2.45, 2.75) is 13.0 Å². The number of phenolic OH excluding ortho intramolecular Hbond substituents is 1. The van der Waals surface area contributed by atoms with Gasteiger partial charge >= 0.3 is 0 Å². The molecule has 5 aromatic carbocycles. The SMILES string of the molecule is Cc1ccc2nc(NC(c3cn(-c4ccccc4)nc3-c3cccc(Cl)c3)c3c(O)ccc4ccccc34)sc2c1. The third-order valence-electron chi connectivity index (χ3n) is 7.22. The number of anilines is 1. The summed E-state index contributed by atoms with van der Waals surface area (Å²) in [7, 11) is 0. The van der Waals surface area contributed by atoms with Gasteiger partial charge < -0.3 is 10.4 Å². The van der Waals surface area contributed by atoms with E-state index in [9.17, 15) is 5.11 Å². The van der Waals surface area contributed by atoms with Crippen LogP contribution in [0.4, 0.5) is 5.13 Å². The molecule has 0 saturated carbocycles. The summed E-state index contributed by atoms with van der Waals surface area (Å²) in [5.41, 5.74) is 6.33. The second kappa shape index (κ2) is 10.4. The third-order valence-corrected chi connectivity index (χ3v) is 8.40. The van der Waals surface area contributed by atoms with Crippen LogP contribution in [0.15, 0.2) is 115 Å². The number of nitrogens with one attached hydrogen (secondary N) is 1. The number of para-hydroxylation sites is 1. The Labute approximate surface area is 246 Å². The van der Waals surface area contributed by atoms with Crippen LogP contribution in [0.2, 0.25) is 5.02 Å². The van der Waals surface area contributed by atoms with E-state index in [0.29, 0.717) is 5.02 Å². The molecular formula is C34H25ClN4OS. The number of phenols is 1. The van der Waals surface area contributed by atoms with E-state index in [-0.39, 0.29) is 5.75 Å². The van der Waals surface area contributed by atoms with Gasteiger partial charge in [-0.1, -0.05) is 89.7 Å². The second-order valence-electron chi connectivity index (χ2n) is 10.0. The van der Waals surface area contributed by atoms with Crippen LogP contribution in [0.3, 0.4) is 0 Å². The van der Waals surface area contributed by atoms with E-state index in [1.165, 1.54) is 5.56 Å². The molecule has 0 bridgehead atoms. The van der Waals surface area contributed by atoms with Crippen LogP contribution in [0.5, 0.6) is 5.75 Å². The topological polar surface area (TPSA) is 63.0 Å². The largest absolute Gasteiger partial charge is 0.508 e. The zero-order valence-electron chi connectivity index (χ0n) is 22.1. The van der Waals surface area contributed by atoms with Gasteiger partial charge in [-0.3, -0.25) is 0 Å². The Bertz CT molecular complexity index is 2030. The summed E-state index contributed by atoms with van der Waals surface area (Å²) in [6, 6.07) is 35.3. The molecule has 0 spiro atoms. The summed E-state index contributed by atoms with van der Waals surface area (Å²) in [5, 5.41) is 23.6. The zero-order chi connectivity index (χ0) is 27.9. The molecule has 2 aromatic heterocycles. The number of halogens is 1. The van der Waals surface area contributed by atoms with Crippen molar-refractivity contribution in [3.8, 4) is 22.7 Å². The van der Waals surface area contributed by atoms with Crippen molar-refractivity contribution in [3.05, 3.63) is 137 Å². The first-order chi connectivity index (χ1) is 20.0. The van der Waals surface area contributed by atoms with Crippen LogP contribution in [0.25, 0.3) is 37.9 Å². The van der Waals surface area contributed by atoms with Crippen molar-refractivity contribution in [1.29, 1.82) is 0 Å². The molecule has 0 aliphatic rings. The van der Waals surface area contributed by atoms with E-state index in [0.717, 1.165) is 54.2 Å². The molecule has 0 aliphatic heterocycles. The van der Waals surface area contributed by atoms with Crippen LogP contribution >= 0.6 is 22.9 Å². The van der Waals surface area contributed by atoms with Gasteiger partial charge in [-0.25, -0.2) is 9.67 Å². The van der Waals surface area contributed by atoms with Crippen molar-refractivity contribution in [2.24, 2.45) is 0 Å². The fraction of sp³-hybridized carbons (Fsp3) is 0.0588. The number of hydrogen-bond donors (Lipinski definition) is 2. The highest BCUT2D eigenvalue weighted by Gasteiger charge is 2.28. The maximum Gasteiger partial charge on any atom is 0.184 e. The molecule has 1 unspecified atom stereocenters. The number of aromatic hydroxyl groups is 1. The molecular weight excluding hydrogens is 548 g/mol. The summed E-state index contributed by atoms with van der Waals surface area (Å²) in [6.45, 7) is 2.08. The van der Waals surface area contributed by atoms with Gasteiger partial charge in [0, 0.05) is 27.9 Å². The zero-order valence-corrected chi connectivity index (χ0v) is 23.7. The van der Waals surface area contributed by atoms with Crippen LogP contribution in [0.1, 0.15) is 22.7 Å². The Balaban J connectivity index is 1.49. The van der Waals surface area contributed by atoms with E-state index in [4.69, 9.17) is 21.7 Å². The number of benzene rings is 5. The monoisotopic (exact) mass is 572 g/mol. The Morgan fingerprint density at radius 1 is 0.878 bits per heavy atom. The van der Waals surface area contributed by atoms with Crippen LogP contribution in [-0.4, -0.2) is 19.9 Å². The van der Waals surface area contributed by atoms with E-state index in [1.54, 1.807) is 17.4 Å². The van der Waals surface area contributed by atoms with Crippen molar-refractivity contribution in [1.82, 2.24) is 14.8 Å². The second-order valence-corrected chi connectivity index (χ2v) is 11.5. The van der Waals surface area contributed by atoms with E-state index < -0.39 is 6.04 Å². The molecule has 0 radical (unpaired) electrons. The molecule has 5 nitrogen and oxygen atoms in total. The first-order valence-electron chi connectivity index (χ1n) is 13.3. The molecule has 0 saturated heterocycles. The fourth-order valence-corrected chi connectivity index (χ4v) is 6.46. The highest BCUT2D eigenvalue weighted by Crippen LogP contribution is 2.42. The highest BCUT2D eigenvalue weighted by atomic mass is 35.5. The quantitative estimate of drug-likeness (QED) is 0.208. The lowest BCUT2D eigenvalue weighted by molar-refractivity contribution is 0.468. The van der Waals surface area contributed by atoms with Gasteiger partial charge in [0.15, 0.2) is 5.13 Å². The molecule has 0 amide bonds. The molecule has 2 N–H and O–H groups in total. The lowest BCUT2D eigenvalue weighted by Crippen LogP contribution is -2.13. The molecule has 7 aromatic rings. The molecule has 41 heavy (non-hydrogen) atoms. The summed E-state index contributed by atoms with van der Waals surface area (Å²) in [6.07, 6.45) is 2.03. The molecule has 0 aliphatic carbocycles. The Kier molecular flexibility index (Phi) is 6.42. The summed E-state index contributed by atoms with van der Waals surface area (Å²) >= 11 is 8.06. The van der Waals surface area contributed by atoms with Gasteiger partial charge in [-0.15, -0.1) is 0 Å². The van der Waals surface area contributed by atoms with Gasteiger partial charge in [0.25, 0.3) is 0 Å². The Morgan fingerprint density at radius 3 is 2.56 bits per heavy atom. The first kappa shape index (κ1) is 25.3. The molecule has 7 rings (SSSR count). The normalized spacial score (nSPS) is 12.1. The number of rotatable bonds is 6. The van der Waals surface area contributed by atoms with Crippen molar-refractivity contribution < 1.29 is 5.11 Å². The maximum atomic E-state index is 11.4. The van der Waals surface area contributed by atoms with Gasteiger partial charge in [0.05, 0.1) is 27.6 Å². The van der Waals surface area contributed by atoms with Crippen LogP contribution in [0, 0.1) is 6.92 Å². The molecule has 200 valence electrons. The number of thiazole rings is 1. The van der Waals surface area contributed by atoms with Gasteiger partial charge in [-0.05, 0) is 65.7 Å². The van der Waals surface area contributed by atoms with Crippen molar-refractivity contribution in [2.75, 3.05) is 5.32 Å². The summed E-state index contributed by atoms with van der Waals surface area (Å²) < 4.78 is 2.98. The number of hydrogen-bond acceptors (Lipinski definition) is 5. The fourth-order valence-electron chi connectivity index (χ4n) is 5.28. The predicted octanol–water partition coefficient (Wildman–Crippen LogP) is 9.17. The van der Waals surface area contributed by atoms with Gasteiger partial charge in [0.2, 0.25) is 0 Å². The predicted molar refractivity (Wildman–Crippen MR) is 169 cm³/mol. The van der Waals surface area contributed by atoms with E-state index in [1.807, 2.05) is 95.8 Å². The molecule has 7 heteroatoms. The van der Waals surface area contributed by atoms with E-state index >= 15 is 0 Å². The Hall–Kier alpha value is -4.65. The average molecular weight is 573 g/mol. The molecule has 2 heterocycles. The van der Waals surface area contributed by atoms with Crippen LogP contribution in [-0.2, 0) is 0 Å². The molecule has 0 fully saturated rings. The van der Waals surface area contributed by atoms with Gasteiger partial charge in [-0.2, -0.15) is 5.10 Å². The number of aromatic nitrogens is 3. The summed E-state index contributed by atoms with van der Waals surface area (Å²) in [5.74, 6) is 0.197. The third kappa shape index (κ3) is 4.82. The minimum absolute atomic E-state index is 0.197. The smallest absolute Gasteiger partial charge is 0.184 e.